The van der Waals surface area contributed by atoms with Crippen molar-refractivity contribution in [1.29, 1.82) is 0 Å². The summed E-state index contributed by atoms with van der Waals surface area (Å²) in [6.07, 6.45) is 6.94. The maximum absolute atomic E-state index is 12.4. The molecule has 2 atom stereocenters. The highest BCUT2D eigenvalue weighted by Gasteiger charge is 2.61. The van der Waals surface area contributed by atoms with Crippen LogP contribution in [-0.2, 0) is 19.1 Å². The Balaban J connectivity index is 1.61. The molecule has 0 aromatic carbocycles. The molecule has 0 N–H and O–H groups in total. The summed E-state index contributed by atoms with van der Waals surface area (Å²) in [4.78, 5) is 38.2. The number of carbonyl (C=O) groups is 3. The summed E-state index contributed by atoms with van der Waals surface area (Å²) in [6.45, 7) is 9.42. The largest absolute Gasteiger partial charge is 0.443 e. The predicted octanol–water partition coefficient (Wildman–Crippen LogP) is 3.13. The Kier molecular flexibility index (Phi) is 4.43. The quantitative estimate of drug-likeness (QED) is 0.437. The fourth-order valence-corrected chi connectivity index (χ4v) is 3.92. The molecule has 0 saturated heterocycles. The second-order valence-electron chi connectivity index (χ2n) is 7.73. The Hall–Kier alpha value is -2.17. The van der Waals surface area contributed by atoms with Gasteiger partial charge in [-0.1, -0.05) is 38.2 Å². The molecule has 0 bridgehead atoms. The molecule has 2 amide bonds. The molecule has 0 spiro atoms. The molecule has 3 rings (SSSR count). The Bertz CT molecular complexity index is 685. The summed E-state index contributed by atoms with van der Waals surface area (Å²) in [6, 6.07) is 0. The van der Waals surface area contributed by atoms with Gasteiger partial charge in [-0.3, -0.25) is 14.4 Å². The smallest absolute Gasteiger partial charge is 0.311 e. The highest BCUT2D eigenvalue weighted by molar-refractivity contribution is 6.19. The Labute approximate surface area is 148 Å². The summed E-state index contributed by atoms with van der Waals surface area (Å²) in [5.41, 5.74) is 2.07. The van der Waals surface area contributed by atoms with Gasteiger partial charge in [0.05, 0.1) is 5.92 Å². The van der Waals surface area contributed by atoms with Gasteiger partial charge in [0.15, 0.2) is 6.73 Å². The molecule has 5 nitrogen and oxygen atoms in total. The first-order valence-electron chi connectivity index (χ1n) is 8.84. The van der Waals surface area contributed by atoms with Crippen LogP contribution in [0.4, 0.5) is 0 Å². The lowest BCUT2D eigenvalue weighted by atomic mass is 9.93. The van der Waals surface area contributed by atoms with E-state index >= 15 is 0 Å². The van der Waals surface area contributed by atoms with Crippen LogP contribution in [0, 0.1) is 17.3 Å². The van der Waals surface area contributed by atoms with E-state index in [1.54, 1.807) is 6.08 Å². The molecule has 0 aromatic rings. The molecule has 1 saturated carbocycles. The third-order valence-electron chi connectivity index (χ3n) is 5.74. The van der Waals surface area contributed by atoms with E-state index in [-0.39, 0.29) is 41.8 Å². The molecule has 1 fully saturated rings. The number of rotatable bonds is 5. The van der Waals surface area contributed by atoms with Crippen molar-refractivity contribution in [2.75, 3.05) is 6.73 Å². The van der Waals surface area contributed by atoms with E-state index in [4.69, 9.17) is 4.74 Å². The normalized spacial score (nSPS) is 28.1. The van der Waals surface area contributed by atoms with Gasteiger partial charge in [0, 0.05) is 11.1 Å². The highest BCUT2D eigenvalue weighted by atomic mass is 16.5. The van der Waals surface area contributed by atoms with Gasteiger partial charge in [0.25, 0.3) is 11.8 Å². The number of hydrogen-bond acceptors (Lipinski definition) is 4. The molecule has 5 heteroatoms. The molecule has 2 unspecified atom stereocenters. The van der Waals surface area contributed by atoms with Gasteiger partial charge in [-0.05, 0) is 43.9 Å². The number of amides is 2. The van der Waals surface area contributed by atoms with Gasteiger partial charge in [-0.2, -0.15) is 0 Å². The first-order valence-corrected chi connectivity index (χ1v) is 8.84. The van der Waals surface area contributed by atoms with E-state index in [2.05, 4.69) is 6.58 Å². The third-order valence-corrected chi connectivity index (χ3v) is 5.74. The van der Waals surface area contributed by atoms with Crippen molar-refractivity contribution in [3.8, 4) is 0 Å². The standard InChI is InChI=1S/C20H25NO4/c1-5-12(2)10-15-16(20(15,3)4)19(24)25-11-21-17(22)13-8-6-7-9-14(13)18(21)23/h5,10,15-16H,1,6-9,11H2,2-4H3. The fraction of sp³-hybridized carbons (Fsp3) is 0.550. The zero-order valence-corrected chi connectivity index (χ0v) is 15.1. The van der Waals surface area contributed by atoms with Gasteiger partial charge < -0.3 is 4.74 Å². The SMILES string of the molecule is C=CC(C)=CC1C(C(=O)OCN2C(=O)C3=C(CCCC3)C2=O)C1(C)C. The van der Waals surface area contributed by atoms with Crippen molar-refractivity contribution in [3.63, 3.8) is 0 Å². The number of esters is 1. The number of ether oxygens (including phenoxy) is 1. The average molecular weight is 343 g/mol. The second-order valence-corrected chi connectivity index (χ2v) is 7.73. The van der Waals surface area contributed by atoms with Crippen molar-refractivity contribution in [2.45, 2.75) is 46.5 Å². The van der Waals surface area contributed by atoms with E-state index in [0.717, 1.165) is 23.3 Å². The van der Waals surface area contributed by atoms with Gasteiger partial charge in [0.2, 0.25) is 0 Å². The minimum absolute atomic E-state index is 0.0920. The zero-order valence-electron chi connectivity index (χ0n) is 15.1. The molecule has 25 heavy (non-hydrogen) atoms. The molecular formula is C20H25NO4. The van der Waals surface area contributed by atoms with Gasteiger partial charge in [-0.15, -0.1) is 0 Å². The van der Waals surface area contributed by atoms with Crippen LogP contribution in [-0.4, -0.2) is 29.4 Å². The summed E-state index contributed by atoms with van der Waals surface area (Å²) >= 11 is 0. The first kappa shape index (κ1) is 17.6. The predicted molar refractivity (Wildman–Crippen MR) is 93.0 cm³/mol. The summed E-state index contributed by atoms with van der Waals surface area (Å²) in [7, 11) is 0. The maximum Gasteiger partial charge on any atom is 0.311 e. The summed E-state index contributed by atoms with van der Waals surface area (Å²) in [5.74, 6) is -1.09. The molecular weight excluding hydrogens is 318 g/mol. The van der Waals surface area contributed by atoms with Gasteiger partial charge in [0.1, 0.15) is 0 Å². The van der Waals surface area contributed by atoms with Crippen LogP contribution in [0.5, 0.6) is 0 Å². The van der Waals surface area contributed by atoms with Crippen molar-refractivity contribution in [2.24, 2.45) is 17.3 Å². The topological polar surface area (TPSA) is 63.7 Å². The van der Waals surface area contributed by atoms with E-state index in [0.29, 0.717) is 24.0 Å². The molecule has 1 heterocycles. The van der Waals surface area contributed by atoms with Crippen LogP contribution in [0.2, 0.25) is 0 Å². The minimum Gasteiger partial charge on any atom is -0.443 e. The summed E-state index contributed by atoms with van der Waals surface area (Å²) in [5, 5.41) is 0. The van der Waals surface area contributed by atoms with Crippen LogP contribution >= 0.6 is 0 Å². The van der Waals surface area contributed by atoms with Crippen molar-refractivity contribution < 1.29 is 19.1 Å². The molecule has 1 aliphatic heterocycles. The lowest BCUT2D eigenvalue weighted by Gasteiger charge is -2.15. The van der Waals surface area contributed by atoms with E-state index in [1.165, 1.54) is 0 Å². The van der Waals surface area contributed by atoms with Crippen LogP contribution < -0.4 is 0 Å². The van der Waals surface area contributed by atoms with E-state index < -0.39 is 0 Å². The van der Waals surface area contributed by atoms with Crippen LogP contribution in [0.15, 0.2) is 35.5 Å². The van der Waals surface area contributed by atoms with E-state index in [9.17, 15) is 14.4 Å². The van der Waals surface area contributed by atoms with Gasteiger partial charge in [-0.25, -0.2) is 4.90 Å². The number of allylic oxidation sites excluding steroid dienone is 3. The van der Waals surface area contributed by atoms with Crippen LogP contribution in [0.3, 0.4) is 0 Å². The minimum atomic E-state index is -0.353. The van der Waals surface area contributed by atoms with Crippen molar-refractivity contribution >= 4 is 17.8 Å². The number of nitrogens with zero attached hydrogens (tertiary/aromatic N) is 1. The van der Waals surface area contributed by atoms with Crippen molar-refractivity contribution in [3.05, 3.63) is 35.5 Å². The monoisotopic (exact) mass is 343 g/mol. The first-order chi connectivity index (χ1) is 11.8. The molecule has 134 valence electrons. The second kappa shape index (κ2) is 6.28. The Morgan fingerprint density at radius 1 is 1.24 bits per heavy atom. The van der Waals surface area contributed by atoms with Crippen LogP contribution in [0.25, 0.3) is 0 Å². The van der Waals surface area contributed by atoms with Gasteiger partial charge >= 0.3 is 5.97 Å². The number of imide groups is 1. The number of hydrogen-bond donors (Lipinski definition) is 0. The average Bonchev–Trinajstić information content (AvgIpc) is 3.04. The van der Waals surface area contributed by atoms with Crippen molar-refractivity contribution in [1.82, 2.24) is 4.90 Å². The number of carbonyl (C=O) groups excluding carboxylic acids is 3. The highest BCUT2D eigenvalue weighted by Crippen LogP contribution is 2.59. The summed E-state index contributed by atoms with van der Waals surface area (Å²) < 4.78 is 5.34. The zero-order chi connectivity index (χ0) is 18.4. The fourth-order valence-electron chi connectivity index (χ4n) is 3.92. The Morgan fingerprint density at radius 3 is 2.32 bits per heavy atom. The maximum atomic E-state index is 12.4. The van der Waals surface area contributed by atoms with Crippen LogP contribution in [0.1, 0.15) is 46.5 Å². The molecule has 3 aliphatic rings. The lowest BCUT2D eigenvalue weighted by Crippen LogP contribution is -2.35. The lowest BCUT2D eigenvalue weighted by molar-refractivity contribution is -0.156. The molecule has 0 radical (unpaired) electrons. The third kappa shape index (κ3) is 2.96. The van der Waals surface area contributed by atoms with E-state index in [1.807, 2.05) is 26.8 Å². The Morgan fingerprint density at radius 2 is 1.80 bits per heavy atom. The molecule has 0 aromatic heterocycles. The molecule has 2 aliphatic carbocycles.